The first-order chi connectivity index (χ1) is 9.15. The van der Waals surface area contributed by atoms with E-state index in [0.717, 1.165) is 19.4 Å². The molecule has 0 aliphatic carbocycles. The molecule has 19 heavy (non-hydrogen) atoms. The van der Waals surface area contributed by atoms with Crippen LogP contribution in [0.1, 0.15) is 46.5 Å². The summed E-state index contributed by atoms with van der Waals surface area (Å²) in [6.07, 6.45) is 3.34. The van der Waals surface area contributed by atoms with Gasteiger partial charge in [-0.25, -0.2) is 0 Å². The van der Waals surface area contributed by atoms with Gasteiger partial charge in [0.1, 0.15) is 12.1 Å². The van der Waals surface area contributed by atoms with Crippen molar-refractivity contribution < 1.29 is 19.1 Å². The Hall–Kier alpha value is -1.10. The molecule has 0 radical (unpaired) electrons. The van der Waals surface area contributed by atoms with E-state index < -0.39 is 0 Å². The normalized spacial score (nSPS) is 23.3. The number of ether oxygens (including phenoxy) is 2. The number of hydrogen-bond donors (Lipinski definition) is 0. The van der Waals surface area contributed by atoms with Crippen LogP contribution in [0.4, 0.5) is 0 Å². The van der Waals surface area contributed by atoms with Gasteiger partial charge >= 0.3 is 11.9 Å². The van der Waals surface area contributed by atoms with Gasteiger partial charge < -0.3 is 9.47 Å². The van der Waals surface area contributed by atoms with E-state index >= 15 is 0 Å². The first-order valence-corrected chi connectivity index (χ1v) is 7.24. The Morgan fingerprint density at radius 2 is 1.47 bits per heavy atom. The molecule has 0 N–H and O–H groups in total. The molecule has 1 aliphatic heterocycles. The predicted octanol–water partition coefficient (Wildman–Crippen LogP) is 1.75. The third-order valence-electron chi connectivity index (χ3n) is 3.40. The number of esters is 2. The first kappa shape index (κ1) is 16.0. The molecule has 0 amide bonds. The summed E-state index contributed by atoms with van der Waals surface area (Å²) in [7, 11) is 0. The quantitative estimate of drug-likeness (QED) is 0.660. The van der Waals surface area contributed by atoms with Gasteiger partial charge in [-0.3, -0.25) is 14.5 Å². The molecular formula is C14H25NO4. The molecule has 1 heterocycles. The van der Waals surface area contributed by atoms with Crippen LogP contribution in [0.15, 0.2) is 0 Å². The van der Waals surface area contributed by atoms with Crippen LogP contribution in [0.2, 0.25) is 0 Å². The fourth-order valence-electron chi connectivity index (χ4n) is 2.50. The van der Waals surface area contributed by atoms with Crippen LogP contribution in [0, 0.1) is 0 Å². The van der Waals surface area contributed by atoms with Crippen molar-refractivity contribution in [3.05, 3.63) is 0 Å². The average molecular weight is 271 g/mol. The minimum atomic E-state index is -0.291. The van der Waals surface area contributed by atoms with Gasteiger partial charge in [-0.15, -0.1) is 0 Å². The SMILES string of the molecule is CCCCN1[C@H](C(=O)OCC)CC[C@H]1C(=O)OCC. The van der Waals surface area contributed by atoms with Crippen LogP contribution in [-0.2, 0) is 19.1 Å². The van der Waals surface area contributed by atoms with Gasteiger partial charge in [0, 0.05) is 0 Å². The maximum Gasteiger partial charge on any atom is 0.323 e. The second-order valence-electron chi connectivity index (χ2n) is 4.70. The Balaban J connectivity index is 2.72. The van der Waals surface area contributed by atoms with Gasteiger partial charge in [-0.1, -0.05) is 13.3 Å². The molecule has 5 heteroatoms. The Morgan fingerprint density at radius 1 is 1.00 bits per heavy atom. The number of hydrogen-bond acceptors (Lipinski definition) is 5. The molecule has 1 aliphatic rings. The Kier molecular flexibility index (Phi) is 6.84. The van der Waals surface area contributed by atoms with Crippen LogP contribution in [0.5, 0.6) is 0 Å². The summed E-state index contributed by atoms with van der Waals surface area (Å²) in [5.74, 6) is -0.434. The molecule has 0 aromatic heterocycles. The number of nitrogens with zero attached hydrogens (tertiary/aromatic N) is 1. The van der Waals surface area contributed by atoms with Crippen molar-refractivity contribution in [2.75, 3.05) is 19.8 Å². The van der Waals surface area contributed by atoms with Gasteiger partial charge in [0.25, 0.3) is 0 Å². The zero-order chi connectivity index (χ0) is 14.3. The van der Waals surface area contributed by atoms with Gasteiger partial charge in [-0.2, -0.15) is 0 Å². The molecule has 0 aromatic rings. The van der Waals surface area contributed by atoms with E-state index in [1.54, 1.807) is 13.8 Å². The fourth-order valence-corrected chi connectivity index (χ4v) is 2.50. The molecular weight excluding hydrogens is 246 g/mol. The minimum absolute atomic E-state index is 0.217. The van der Waals surface area contributed by atoms with Crippen molar-refractivity contribution >= 4 is 11.9 Å². The summed E-state index contributed by atoms with van der Waals surface area (Å²) in [4.78, 5) is 25.8. The monoisotopic (exact) mass is 271 g/mol. The third kappa shape index (κ3) is 4.20. The highest BCUT2D eigenvalue weighted by Crippen LogP contribution is 2.26. The lowest BCUT2D eigenvalue weighted by molar-refractivity contribution is -0.153. The number of unbranched alkanes of at least 4 members (excludes halogenated alkanes) is 1. The lowest BCUT2D eigenvalue weighted by Gasteiger charge is -2.27. The maximum atomic E-state index is 11.9. The predicted molar refractivity (Wildman–Crippen MR) is 71.7 cm³/mol. The molecule has 0 bridgehead atoms. The zero-order valence-corrected chi connectivity index (χ0v) is 12.2. The number of likely N-dealkylation sites (tertiary alicyclic amines) is 1. The van der Waals surface area contributed by atoms with E-state index in [0.29, 0.717) is 26.1 Å². The van der Waals surface area contributed by atoms with Gasteiger partial charge in [0.2, 0.25) is 0 Å². The summed E-state index contributed by atoms with van der Waals surface area (Å²) in [5, 5.41) is 0. The Labute approximate surface area is 115 Å². The molecule has 0 saturated carbocycles. The summed E-state index contributed by atoms with van der Waals surface area (Å²) in [6.45, 7) is 7.18. The standard InChI is InChI=1S/C14H25NO4/c1-4-7-10-15-11(13(16)18-5-2)8-9-12(15)14(17)19-6-3/h11-12H,4-10H2,1-3H3/t11-,12-/m0/s1. The second kappa shape index (κ2) is 8.15. The molecule has 110 valence electrons. The van der Waals surface area contributed by atoms with Crippen molar-refractivity contribution in [3.63, 3.8) is 0 Å². The zero-order valence-electron chi connectivity index (χ0n) is 12.2. The summed E-state index contributed by atoms with van der Waals surface area (Å²) in [6, 6.07) is -0.582. The molecule has 1 saturated heterocycles. The largest absolute Gasteiger partial charge is 0.465 e. The molecule has 1 rings (SSSR count). The van der Waals surface area contributed by atoms with Gasteiger partial charge in [-0.05, 0) is 39.7 Å². The van der Waals surface area contributed by atoms with Crippen LogP contribution in [0.25, 0.3) is 0 Å². The topological polar surface area (TPSA) is 55.8 Å². The molecule has 0 spiro atoms. The first-order valence-electron chi connectivity index (χ1n) is 7.24. The molecule has 1 fully saturated rings. The van der Waals surface area contributed by atoms with Crippen LogP contribution in [-0.4, -0.2) is 48.7 Å². The maximum absolute atomic E-state index is 11.9. The smallest absolute Gasteiger partial charge is 0.323 e. The average Bonchev–Trinajstić information content (AvgIpc) is 2.80. The van der Waals surface area contributed by atoms with Crippen molar-refractivity contribution in [1.29, 1.82) is 0 Å². The van der Waals surface area contributed by atoms with E-state index in [9.17, 15) is 9.59 Å². The summed E-state index contributed by atoms with van der Waals surface area (Å²) in [5.41, 5.74) is 0. The van der Waals surface area contributed by atoms with E-state index in [1.807, 2.05) is 4.90 Å². The second-order valence-corrected chi connectivity index (χ2v) is 4.70. The minimum Gasteiger partial charge on any atom is -0.465 e. The molecule has 5 nitrogen and oxygen atoms in total. The van der Waals surface area contributed by atoms with E-state index in [4.69, 9.17) is 9.47 Å². The van der Waals surface area contributed by atoms with E-state index in [-0.39, 0.29) is 24.0 Å². The van der Waals surface area contributed by atoms with Gasteiger partial charge in [0.15, 0.2) is 0 Å². The van der Waals surface area contributed by atoms with Crippen molar-refractivity contribution in [2.45, 2.75) is 58.5 Å². The highest BCUT2D eigenvalue weighted by Gasteiger charge is 2.42. The lowest BCUT2D eigenvalue weighted by Crippen LogP contribution is -2.45. The lowest BCUT2D eigenvalue weighted by atomic mass is 10.2. The summed E-state index contributed by atoms with van der Waals surface area (Å²) < 4.78 is 10.2. The fraction of sp³-hybridized carbons (Fsp3) is 0.857. The molecule has 0 unspecified atom stereocenters. The highest BCUT2D eigenvalue weighted by molar-refractivity contribution is 5.81. The van der Waals surface area contributed by atoms with E-state index in [2.05, 4.69) is 6.92 Å². The number of carbonyl (C=O) groups excluding carboxylic acids is 2. The Bertz CT molecular complexity index is 280. The van der Waals surface area contributed by atoms with Crippen LogP contribution >= 0.6 is 0 Å². The van der Waals surface area contributed by atoms with Crippen molar-refractivity contribution in [2.24, 2.45) is 0 Å². The van der Waals surface area contributed by atoms with Crippen molar-refractivity contribution in [3.8, 4) is 0 Å². The van der Waals surface area contributed by atoms with Crippen molar-refractivity contribution in [1.82, 2.24) is 4.90 Å². The molecule has 2 atom stereocenters. The Morgan fingerprint density at radius 3 is 1.84 bits per heavy atom. The highest BCUT2D eigenvalue weighted by atomic mass is 16.5. The van der Waals surface area contributed by atoms with Gasteiger partial charge in [0.05, 0.1) is 13.2 Å². The third-order valence-corrected chi connectivity index (χ3v) is 3.40. The number of carbonyl (C=O) groups is 2. The summed E-state index contributed by atoms with van der Waals surface area (Å²) >= 11 is 0. The van der Waals surface area contributed by atoms with Crippen LogP contribution in [0.3, 0.4) is 0 Å². The molecule has 0 aromatic carbocycles. The van der Waals surface area contributed by atoms with Crippen LogP contribution < -0.4 is 0 Å². The number of rotatable bonds is 7. The van der Waals surface area contributed by atoms with E-state index in [1.165, 1.54) is 0 Å².